The Morgan fingerprint density at radius 1 is 1.18 bits per heavy atom. The molecular weight excluding hydrogens is 134 g/mol. The van der Waals surface area contributed by atoms with Gasteiger partial charge in [0.2, 0.25) is 0 Å². The van der Waals surface area contributed by atoms with Gasteiger partial charge in [0.25, 0.3) is 0 Å². The first-order chi connectivity index (χ1) is 5.16. The summed E-state index contributed by atoms with van der Waals surface area (Å²) in [5, 5.41) is 0. The van der Waals surface area contributed by atoms with E-state index in [1.807, 2.05) is 13.8 Å². The van der Waals surface area contributed by atoms with Gasteiger partial charge in [-0.2, -0.15) is 0 Å². The van der Waals surface area contributed by atoms with E-state index in [-0.39, 0.29) is 0 Å². The summed E-state index contributed by atoms with van der Waals surface area (Å²) in [7, 11) is 2.17. The van der Waals surface area contributed by atoms with Crippen molar-refractivity contribution in [2.45, 2.75) is 41.0 Å². The zero-order valence-corrected chi connectivity index (χ0v) is 9.15. The molecule has 0 aromatic heterocycles. The third-order valence-corrected chi connectivity index (χ3v) is 1.63. The van der Waals surface area contributed by atoms with E-state index in [1.165, 1.54) is 19.5 Å². The molecule has 0 aliphatic heterocycles. The molecule has 0 aliphatic rings. The second-order valence-corrected chi connectivity index (χ2v) is 3.08. The summed E-state index contributed by atoms with van der Waals surface area (Å²) in [4.78, 5) is 2.35. The van der Waals surface area contributed by atoms with Gasteiger partial charge in [-0.05, 0) is 32.5 Å². The molecule has 0 aliphatic carbocycles. The van der Waals surface area contributed by atoms with E-state index in [9.17, 15) is 0 Å². The van der Waals surface area contributed by atoms with Crippen molar-refractivity contribution in [1.82, 2.24) is 4.90 Å². The minimum absolute atomic E-state index is 0.846. The summed E-state index contributed by atoms with van der Waals surface area (Å²) in [6.07, 6.45) is 1.32. The fourth-order valence-electron chi connectivity index (χ4n) is 0.637. The maximum atomic E-state index is 2.35. The Bertz CT molecular complexity index is 59.9. The molecule has 0 spiro atoms. The Morgan fingerprint density at radius 3 is 1.91 bits per heavy atom. The average Bonchev–Trinajstić information content (AvgIpc) is 2.04. The molecule has 0 unspecified atom stereocenters. The van der Waals surface area contributed by atoms with Gasteiger partial charge in [-0.15, -0.1) is 0 Å². The third kappa shape index (κ3) is 13.0. The Kier molecular flexibility index (Phi) is 12.3. The molecule has 0 heterocycles. The summed E-state index contributed by atoms with van der Waals surface area (Å²) < 4.78 is 0. The maximum Gasteiger partial charge on any atom is -0.00195 e. The molecule has 0 bridgehead atoms. The Balaban J connectivity index is 0. The predicted molar refractivity (Wildman–Crippen MR) is 54.0 cm³/mol. The summed E-state index contributed by atoms with van der Waals surface area (Å²) in [6, 6.07) is 0. The first-order valence-electron chi connectivity index (χ1n) is 4.85. The molecule has 0 atom stereocenters. The highest BCUT2D eigenvalue weighted by molar-refractivity contribution is 4.50. The van der Waals surface area contributed by atoms with Crippen LogP contribution in [0.3, 0.4) is 0 Å². The normalized spacial score (nSPS) is 9.82. The van der Waals surface area contributed by atoms with Gasteiger partial charge in [-0.3, -0.25) is 0 Å². The van der Waals surface area contributed by atoms with Gasteiger partial charge in [0, 0.05) is 0 Å². The molecule has 0 aromatic rings. The topological polar surface area (TPSA) is 3.24 Å². The SMILES string of the molecule is CC.CCN(C)CCC(C)C. The monoisotopic (exact) mass is 159 g/mol. The summed E-state index contributed by atoms with van der Waals surface area (Å²) >= 11 is 0. The Labute approximate surface area is 72.8 Å². The van der Waals surface area contributed by atoms with Crippen LogP contribution < -0.4 is 0 Å². The standard InChI is InChI=1S/C8H19N.C2H6/c1-5-9(4)7-6-8(2)3;1-2/h8H,5-7H2,1-4H3;1-2H3. The second-order valence-electron chi connectivity index (χ2n) is 3.08. The Morgan fingerprint density at radius 2 is 1.64 bits per heavy atom. The van der Waals surface area contributed by atoms with Gasteiger partial charge in [0.15, 0.2) is 0 Å². The van der Waals surface area contributed by atoms with Crippen molar-refractivity contribution in [2.75, 3.05) is 20.1 Å². The molecule has 0 saturated carbocycles. The van der Waals surface area contributed by atoms with Crippen molar-refractivity contribution >= 4 is 0 Å². The third-order valence-electron chi connectivity index (χ3n) is 1.63. The first-order valence-corrected chi connectivity index (χ1v) is 4.85. The number of nitrogens with zero attached hydrogens (tertiary/aromatic N) is 1. The van der Waals surface area contributed by atoms with Crippen LogP contribution in [0.2, 0.25) is 0 Å². The lowest BCUT2D eigenvalue weighted by Crippen LogP contribution is -2.19. The molecule has 1 heteroatoms. The smallest absolute Gasteiger partial charge is 0.00195 e. The van der Waals surface area contributed by atoms with Gasteiger partial charge < -0.3 is 4.90 Å². The molecule has 0 rings (SSSR count). The van der Waals surface area contributed by atoms with Crippen molar-refractivity contribution in [1.29, 1.82) is 0 Å². The quantitative estimate of drug-likeness (QED) is 0.609. The van der Waals surface area contributed by atoms with Crippen molar-refractivity contribution < 1.29 is 0 Å². The van der Waals surface area contributed by atoms with Crippen LogP contribution in [0.15, 0.2) is 0 Å². The highest BCUT2D eigenvalue weighted by Gasteiger charge is 1.96. The van der Waals surface area contributed by atoms with Crippen molar-refractivity contribution in [3.8, 4) is 0 Å². The van der Waals surface area contributed by atoms with Gasteiger partial charge in [0.05, 0.1) is 0 Å². The fourth-order valence-corrected chi connectivity index (χ4v) is 0.637. The van der Waals surface area contributed by atoms with E-state index in [0.717, 1.165) is 5.92 Å². The molecule has 0 saturated heterocycles. The minimum Gasteiger partial charge on any atom is -0.307 e. The molecule has 0 amide bonds. The van der Waals surface area contributed by atoms with Crippen molar-refractivity contribution in [3.05, 3.63) is 0 Å². The maximum absolute atomic E-state index is 2.35. The van der Waals surface area contributed by atoms with E-state index >= 15 is 0 Å². The molecule has 11 heavy (non-hydrogen) atoms. The number of hydrogen-bond acceptors (Lipinski definition) is 1. The number of rotatable bonds is 4. The van der Waals surface area contributed by atoms with Crippen LogP contribution in [0.25, 0.3) is 0 Å². The lowest BCUT2D eigenvalue weighted by atomic mass is 10.1. The van der Waals surface area contributed by atoms with Crippen LogP contribution >= 0.6 is 0 Å². The molecule has 0 N–H and O–H groups in total. The lowest BCUT2D eigenvalue weighted by Gasteiger charge is -2.14. The summed E-state index contributed by atoms with van der Waals surface area (Å²) in [5.41, 5.74) is 0. The largest absolute Gasteiger partial charge is 0.307 e. The van der Waals surface area contributed by atoms with Crippen LogP contribution in [0, 0.1) is 5.92 Å². The van der Waals surface area contributed by atoms with Gasteiger partial charge in [-0.1, -0.05) is 34.6 Å². The van der Waals surface area contributed by atoms with Crippen LogP contribution in [0.4, 0.5) is 0 Å². The van der Waals surface area contributed by atoms with Crippen LogP contribution in [0.1, 0.15) is 41.0 Å². The van der Waals surface area contributed by atoms with Crippen molar-refractivity contribution in [2.24, 2.45) is 5.92 Å². The Hall–Kier alpha value is -0.0400. The highest BCUT2D eigenvalue weighted by Crippen LogP contribution is 1.99. The minimum atomic E-state index is 0.846. The fraction of sp³-hybridized carbons (Fsp3) is 1.00. The van der Waals surface area contributed by atoms with E-state index in [1.54, 1.807) is 0 Å². The van der Waals surface area contributed by atoms with Crippen LogP contribution in [0.5, 0.6) is 0 Å². The van der Waals surface area contributed by atoms with Crippen LogP contribution in [-0.4, -0.2) is 25.0 Å². The summed E-state index contributed by atoms with van der Waals surface area (Å²) in [6.45, 7) is 13.1. The lowest BCUT2D eigenvalue weighted by molar-refractivity contribution is 0.326. The van der Waals surface area contributed by atoms with Gasteiger partial charge in [-0.25, -0.2) is 0 Å². The molecule has 0 fully saturated rings. The molecule has 0 aromatic carbocycles. The number of hydrogen-bond donors (Lipinski definition) is 0. The second kappa shape index (κ2) is 9.96. The summed E-state index contributed by atoms with van der Waals surface area (Å²) in [5.74, 6) is 0.846. The van der Waals surface area contributed by atoms with Gasteiger partial charge >= 0.3 is 0 Å². The zero-order chi connectivity index (χ0) is 9.28. The average molecular weight is 159 g/mol. The molecule has 70 valence electrons. The zero-order valence-electron chi connectivity index (χ0n) is 9.15. The predicted octanol–water partition coefficient (Wildman–Crippen LogP) is 3.01. The van der Waals surface area contributed by atoms with Gasteiger partial charge in [0.1, 0.15) is 0 Å². The van der Waals surface area contributed by atoms with Crippen molar-refractivity contribution in [3.63, 3.8) is 0 Å². The highest BCUT2D eigenvalue weighted by atomic mass is 15.1. The van der Waals surface area contributed by atoms with E-state index in [2.05, 4.69) is 32.7 Å². The first kappa shape index (κ1) is 13.5. The molecular formula is C10H25N. The van der Waals surface area contributed by atoms with E-state index in [0.29, 0.717) is 0 Å². The van der Waals surface area contributed by atoms with E-state index < -0.39 is 0 Å². The van der Waals surface area contributed by atoms with E-state index in [4.69, 9.17) is 0 Å². The van der Waals surface area contributed by atoms with Crippen LogP contribution in [-0.2, 0) is 0 Å². The molecule has 0 radical (unpaired) electrons. The molecule has 1 nitrogen and oxygen atoms in total.